The lowest BCUT2D eigenvalue weighted by atomic mass is 9.82. The van der Waals surface area contributed by atoms with Crippen LogP contribution in [0.4, 0.5) is 0 Å². The number of allylic oxidation sites excluding steroid dienone is 2. The fraction of sp³-hybridized carbons (Fsp3) is 0.769. The molecule has 0 aromatic rings. The van der Waals surface area contributed by atoms with Crippen LogP contribution in [0, 0.1) is 11.8 Å². The van der Waals surface area contributed by atoms with Crippen molar-refractivity contribution >= 4 is 5.78 Å². The maximum Gasteiger partial charge on any atom is 0.141 e. The fourth-order valence-electron chi connectivity index (χ4n) is 2.55. The molecule has 1 aliphatic heterocycles. The number of carbonyl (C=O) groups is 1. The number of hydrogen-bond acceptors (Lipinski definition) is 2. The number of Topliss-reactive ketones (excluding diaryl/α,β-unsaturated/α-hetero) is 1. The lowest BCUT2D eigenvalue weighted by Crippen LogP contribution is -2.33. The van der Waals surface area contributed by atoms with Crippen LogP contribution in [0.3, 0.4) is 0 Å². The Morgan fingerprint density at radius 2 is 2.20 bits per heavy atom. The molecule has 0 radical (unpaired) electrons. The molecule has 0 aromatic carbocycles. The van der Waals surface area contributed by atoms with Crippen molar-refractivity contribution in [2.75, 3.05) is 13.2 Å². The molecule has 1 saturated heterocycles. The lowest BCUT2D eigenvalue weighted by molar-refractivity contribution is -0.132. The lowest BCUT2D eigenvalue weighted by Gasteiger charge is -2.27. The SMILES string of the molecule is O=C1CCOCC1C1/C=C\CCCCC1. The largest absolute Gasteiger partial charge is 0.380 e. The minimum Gasteiger partial charge on any atom is -0.380 e. The van der Waals surface area contributed by atoms with Crippen LogP contribution in [0.1, 0.15) is 38.5 Å². The highest BCUT2D eigenvalue weighted by Crippen LogP contribution is 2.27. The maximum atomic E-state index is 11.8. The number of ketones is 1. The molecule has 1 heterocycles. The maximum absolute atomic E-state index is 11.8. The summed E-state index contributed by atoms with van der Waals surface area (Å²) in [5, 5.41) is 0. The first-order valence-electron chi connectivity index (χ1n) is 6.15. The third kappa shape index (κ3) is 2.91. The van der Waals surface area contributed by atoms with Crippen molar-refractivity contribution in [3.8, 4) is 0 Å². The molecular formula is C13H20O2. The van der Waals surface area contributed by atoms with Crippen molar-refractivity contribution in [1.29, 1.82) is 0 Å². The van der Waals surface area contributed by atoms with Crippen molar-refractivity contribution in [3.63, 3.8) is 0 Å². The Balaban J connectivity index is 1.99. The van der Waals surface area contributed by atoms with E-state index in [1.54, 1.807) is 0 Å². The van der Waals surface area contributed by atoms with Gasteiger partial charge in [0.15, 0.2) is 0 Å². The first kappa shape index (κ1) is 10.9. The Bertz CT molecular complexity index is 245. The van der Waals surface area contributed by atoms with E-state index in [4.69, 9.17) is 4.74 Å². The molecule has 1 fully saturated rings. The predicted molar refractivity (Wildman–Crippen MR) is 59.6 cm³/mol. The van der Waals surface area contributed by atoms with Gasteiger partial charge in [0.2, 0.25) is 0 Å². The standard InChI is InChI=1S/C13H20O2/c14-13-8-9-15-10-12(13)11-6-4-2-1-3-5-7-11/h4,6,11-12H,1-3,5,7-10H2/b6-4-. The first-order chi connectivity index (χ1) is 7.38. The van der Waals surface area contributed by atoms with Crippen LogP contribution in [-0.4, -0.2) is 19.0 Å². The van der Waals surface area contributed by atoms with Crippen LogP contribution < -0.4 is 0 Å². The monoisotopic (exact) mass is 208 g/mol. The molecule has 0 spiro atoms. The van der Waals surface area contributed by atoms with Crippen molar-refractivity contribution in [2.24, 2.45) is 11.8 Å². The number of hydrogen-bond donors (Lipinski definition) is 0. The fourth-order valence-corrected chi connectivity index (χ4v) is 2.55. The van der Waals surface area contributed by atoms with E-state index in [-0.39, 0.29) is 5.92 Å². The van der Waals surface area contributed by atoms with Gasteiger partial charge in [-0.05, 0) is 25.2 Å². The summed E-state index contributed by atoms with van der Waals surface area (Å²) in [7, 11) is 0. The van der Waals surface area contributed by atoms with E-state index in [0.717, 1.165) is 6.42 Å². The summed E-state index contributed by atoms with van der Waals surface area (Å²) < 4.78 is 5.42. The van der Waals surface area contributed by atoms with Crippen LogP contribution in [-0.2, 0) is 9.53 Å². The smallest absolute Gasteiger partial charge is 0.141 e. The zero-order chi connectivity index (χ0) is 10.5. The average molecular weight is 208 g/mol. The summed E-state index contributed by atoms with van der Waals surface area (Å²) in [5.74, 6) is 1.00. The minimum atomic E-state index is 0.146. The molecule has 0 aromatic heterocycles. The number of rotatable bonds is 1. The van der Waals surface area contributed by atoms with Gasteiger partial charge in [-0.25, -0.2) is 0 Å². The van der Waals surface area contributed by atoms with Crippen molar-refractivity contribution in [3.05, 3.63) is 12.2 Å². The Kier molecular flexibility index (Phi) is 3.95. The van der Waals surface area contributed by atoms with E-state index in [2.05, 4.69) is 12.2 Å². The van der Waals surface area contributed by atoms with Crippen LogP contribution in [0.25, 0.3) is 0 Å². The van der Waals surface area contributed by atoms with Gasteiger partial charge >= 0.3 is 0 Å². The van der Waals surface area contributed by atoms with E-state index in [0.29, 0.717) is 31.3 Å². The summed E-state index contributed by atoms with van der Waals surface area (Å²) in [6.07, 6.45) is 11.4. The highest BCUT2D eigenvalue weighted by Gasteiger charge is 2.29. The molecule has 2 rings (SSSR count). The Morgan fingerprint density at radius 1 is 1.27 bits per heavy atom. The van der Waals surface area contributed by atoms with E-state index in [1.807, 2.05) is 0 Å². The van der Waals surface area contributed by atoms with Gasteiger partial charge in [0.25, 0.3) is 0 Å². The van der Waals surface area contributed by atoms with Gasteiger partial charge < -0.3 is 4.74 Å². The van der Waals surface area contributed by atoms with E-state index in [9.17, 15) is 4.79 Å². The predicted octanol–water partition coefficient (Wildman–Crippen LogP) is 2.73. The van der Waals surface area contributed by atoms with Gasteiger partial charge in [0.05, 0.1) is 13.2 Å². The molecule has 84 valence electrons. The highest BCUT2D eigenvalue weighted by molar-refractivity contribution is 5.82. The third-order valence-electron chi connectivity index (χ3n) is 3.51. The van der Waals surface area contributed by atoms with Gasteiger partial charge in [-0.1, -0.05) is 25.0 Å². The molecule has 2 heteroatoms. The molecular weight excluding hydrogens is 188 g/mol. The second kappa shape index (κ2) is 5.45. The van der Waals surface area contributed by atoms with E-state index >= 15 is 0 Å². The Morgan fingerprint density at radius 3 is 3.07 bits per heavy atom. The zero-order valence-electron chi connectivity index (χ0n) is 9.28. The average Bonchev–Trinajstić information content (AvgIpc) is 2.19. The molecule has 1 aliphatic carbocycles. The van der Waals surface area contributed by atoms with Gasteiger partial charge in [-0.3, -0.25) is 4.79 Å². The normalized spacial score (nSPS) is 35.6. The van der Waals surface area contributed by atoms with Crippen LogP contribution in [0.2, 0.25) is 0 Å². The molecule has 0 saturated carbocycles. The van der Waals surface area contributed by atoms with Crippen molar-refractivity contribution in [1.82, 2.24) is 0 Å². The molecule has 2 nitrogen and oxygen atoms in total. The molecule has 0 N–H and O–H groups in total. The molecule has 2 aliphatic rings. The molecule has 0 bridgehead atoms. The topological polar surface area (TPSA) is 26.3 Å². The van der Waals surface area contributed by atoms with Gasteiger partial charge in [0.1, 0.15) is 5.78 Å². The summed E-state index contributed by atoms with van der Waals surface area (Å²) in [6.45, 7) is 1.28. The van der Waals surface area contributed by atoms with Crippen LogP contribution in [0.15, 0.2) is 12.2 Å². The first-order valence-corrected chi connectivity index (χ1v) is 6.15. The second-order valence-corrected chi connectivity index (χ2v) is 4.63. The third-order valence-corrected chi connectivity index (χ3v) is 3.51. The molecule has 2 unspecified atom stereocenters. The Labute approximate surface area is 91.7 Å². The van der Waals surface area contributed by atoms with Gasteiger partial charge in [0, 0.05) is 12.3 Å². The van der Waals surface area contributed by atoms with Crippen LogP contribution in [0.5, 0.6) is 0 Å². The number of ether oxygens (including phenoxy) is 1. The second-order valence-electron chi connectivity index (χ2n) is 4.63. The van der Waals surface area contributed by atoms with Crippen LogP contribution >= 0.6 is 0 Å². The minimum absolute atomic E-state index is 0.146. The van der Waals surface area contributed by atoms with Gasteiger partial charge in [-0.2, -0.15) is 0 Å². The number of carbonyl (C=O) groups excluding carboxylic acids is 1. The molecule has 2 atom stereocenters. The van der Waals surface area contributed by atoms with Crippen molar-refractivity contribution < 1.29 is 9.53 Å². The van der Waals surface area contributed by atoms with E-state index < -0.39 is 0 Å². The highest BCUT2D eigenvalue weighted by atomic mass is 16.5. The van der Waals surface area contributed by atoms with Gasteiger partial charge in [-0.15, -0.1) is 0 Å². The van der Waals surface area contributed by atoms with Crippen molar-refractivity contribution in [2.45, 2.75) is 38.5 Å². The summed E-state index contributed by atoms with van der Waals surface area (Å²) in [6, 6.07) is 0. The molecule has 0 amide bonds. The summed E-state index contributed by atoms with van der Waals surface area (Å²) >= 11 is 0. The van der Waals surface area contributed by atoms with E-state index in [1.165, 1.54) is 25.7 Å². The zero-order valence-corrected chi connectivity index (χ0v) is 9.28. The quantitative estimate of drug-likeness (QED) is 0.619. The molecule has 15 heavy (non-hydrogen) atoms. The summed E-state index contributed by atoms with van der Waals surface area (Å²) in [5.41, 5.74) is 0. The Hall–Kier alpha value is -0.630. The summed E-state index contributed by atoms with van der Waals surface area (Å²) in [4.78, 5) is 11.8.